The molecule has 1 heterocycles. The number of hydrogen-bond acceptors (Lipinski definition) is 1. The first-order chi connectivity index (χ1) is 7.09. The molecule has 0 saturated carbocycles. The summed E-state index contributed by atoms with van der Waals surface area (Å²) in [6.45, 7) is 0. The second-order valence-electron chi connectivity index (χ2n) is 3.59. The average molecular weight is 267 g/mol. The summed E-state index contributed by atoms with van der Waals surface area (Å²) in [7, 11) is 3.50. The van der Waals surface area contributed by atoms with Crippen molar-refractivity contribution in [2.45, 2.75) is 0 Å². The van der Waals surface area contributed by atoms with Gasteiger partial charge in [0.25, 0.3) is 5.91 Å². The lowest BCUT2D eigenvalue weighted by atomic mass is 10.1. The number of halogens is 1. The molecule has 78 valence electrons. The van der Waals surface area contributed by atoms with Crippen LogP contribution in [0.1, 0.15) is 10.4 Å². The summed E-state index contributed by atoms with van der Waals surface area (Å²) in [6.07, 6.45) is 1.84. The number of hydrogen-bond donors (Lipinski definition) is 1. The number of aromatic nitrogens is 1. The van der Waals surface area contributed by atoms with E-state index in [4.69, 9.17) is 0 Å². The van der Waals surface area contributed by atoms with E-state index in [0.29, 0.717) is 5.56 Å². The van der Waals surface area contributed by atoms with Gasteiger partial charge in [-0.2, -0.15) is 0 Å². The highest BCUT2D eigenvalue weighted by atomic mass is 79.9. The number of fused-ring (bicyclic) bond motifs is 1. The van der Waals surface area contributed by atoms with Gasteiger partial charge in [0.05, 0.1) is 0 Å². The minimum Gasteiger partial charge on any atom is -0.361 e. The van der Waals surface area contributed by atoms with Gasteiger partial charge in [0.15, 0.2) is 0 Å². The zero-order valence-corrected chi connectivity index (χ0v) is 10.1. The predicted octanol–water partition coefficient (Wildman–Crippen LogP) is 2.63. The normalized spacial score (nSPS) is 10.6. The van der Waals surface area contributed by atoms with Crippen molar-refractivity contribution in [2.24, 2.45) is 0 Å². The van der Waals surface area contributed by atoms with Crippen LogP contribution in [0, 0.1) is 0 Å². The van der Waals surface area contributed by atoms with E-state index < -0.39 is 0 Å². The van der Waals surface area contributed by atoms with E-state index in [1.54, 1.807) is 19.0 Å². The molecule has 0 atom stereocenters. The molecule has 0 bridgehead atoms. The molecule has 0 spiro atoms. The maximum atomic E-state index is 11.9. The van der Waals surface area contributed by atoms with Crippen molar-refractivity contribution in [3.05, 3.63) is 34.4 Å². The van der Waals surface area contributed by atoms with Gasteiger partial charge < -0.3 is 9.88 Å². The summed E-state index contributed by atoms with van der Waals surface area (Å²) < 4.78 is 0.905. The van der Waals surface area contributed by atoms with E-state index in [0.717, 1.165) is 15.4 Å². The Balaban J connectivity index is 2.68. The van der Waals surface area contributed by atoms with Crippen molar-refractivity contribution in [1.82, 2.24) is 9.88 Å². The first-order valence-electron chi connectivity index (χ1n) is 4.58. The van der Waals surface area contributed by atoms with Gasteiger partial charge in [0, 0.05) is 41.2 Å². The van der Waals surface area contributed by atoms with E-state index in [1.807, 2.05) is 24.4 Å². The van der Waals surface area contributed by atoms with E-state index in [9.17, 15) is 4.79 Å². The minimum atomic E-state index is 0.0147. The number of nitrogens with one attached hydrogen (secondary N) is 1. The Morgan fingerprint density at radius 3 is 2.80 bits per heavy atom. The van der Waals surface area contributed by atoms with Crippen molar-refractivity contribution in [1.29, 1.82) is 0 Å². The molecule has 2 aromatic rings. The van der Waals surface area contributed by atoms with E-state index >= 15 is 0 Å². The van der Waals surface area contributed by atoms with E-state index in [2.05, 4.69) is 20.9 Å². The molecule has 0 saturated heterocycles. The molecule has 0 unspecified atom stereocenters. The van der Waals surface area contributed by atoms with Crippen molar-refractivity contribution in [3.63, 3.8) is 0 Å². The molecular formula is C11H11BrN2O. The fraction of sp³-hybridized carbons (Fsp3) is 0.182. The summed E-state index contributed by atoms with van der Waals surface area (Å²) >= 11 is 3.39. The maximum Gasteiger partial charge on any atom is 0.254 e. The van der Waals surface area contributed by atoms with Gasteiger partial charge in [0.1, 0.15) is 0 Å². The predicted molar refractivity (Wildman–Crippen MR) is 64.0 cm³/mol. The fourth-order valence-electron chi connectivity index (χ4n) is 1.55. The lowest BCUT2D eigenvalue weighted by molar-refractivity contribution is 0.0829. The Labute approximate surface area is 96.2 Å². The molecule has 1 aromatic carbocycles. The quantitative estimate of drug-likeness (QED) is 0.847. The van der Waals surface area contributed by atoms with Crippen LogP contribution in [0.15, 0.2) is 28.9 Å². The highest BCUT2D eigenvalue weighted by Gasteiger charge is 2.13. The number of nitrogens with zero attached hydrogens (tertiary/aromatic N) is 1. The number of carbonyl (C=O) groups excluding carboxylic acids is 1. The summed E-state index contributed by atoms with van der Waals surface area (Å²) in [5, 5.41) is 0.955. The minimum absolute atomic E-state index is 0.0147. The zero-order valence-electron chi connectivity index (χ0n) is 8.54. The third kappa shape index (κ3) is 1.77. The van der Waals surface area contributed by atoms with Crippen LogP contribution >= 0.6 is 15.9 Å². The van der Waals surface area contributed by atoms with Gasteiger partial charge in [0.2, 0.25) is 0 Å². The van der Waals surface area contributed by atoms with Crippen molar-refractivity contribution in [2.75, 3.05) is 14.1 Å². The fourth-order valence-corrected chi connectivity index (χ4v) is 2.01. The maximum absolute atomic E-state index is 11.9. The van der Waals surface area contributed by atoms with E-state index in [-0.39, 0.29) is 5.91 Å². The summed E-state index contributed by atoms with van der Waals surface area (Å²) in [5.74, 6) is 0.0147. The molecule has 15 heavy (non-hydrogen) atoms. The molecule has 0 aliphatic rings. The first kappa shape index (κ1) is 10.2. The number of rotatable bonds is 1. The Kier molecular flexibility index (Phi) is 2.52. The Bertz CT molecular complexity index is 516. The smallest absolute Gasteiger partial charge is 0.254 e. The first-order valence-corrected chi connectivity index (χ1v) is 5.37. The number of aromatic amines is 1. The van der Waals surface area contributed by atoms with Gasteiger partial charge in [-0.05, 0) is 18.2 Å². The molecule has 1 N–H and O–H groups in total. The van der Waals surface area contributed by atoms with Crippen LogP contribution in [0.2, 0.25) is 0 Å². The molecule has 0 aliphatic heterocycles. The van der Waals surface area contributed by atoms with Crippen molar-refractivity contribution in [3.8, 4) is 0 Å². The molecular weight excluding hydrogens is 256 g/mol. The number of carbonyl (C=O) groups is 1. The van der Waals surface area contributed by atoms with Gasteiger partial charge in [-0.3, -0.25) is 4.79 Å². The van der Waals surface area contributed by atoms with Gasteiger partial charge in [-0.25, -0.2) is 0 Å². The Morgan fingerprint density at radius 1 is 1.40 bits per heavy atom. The van der Waals surface area contributed by atoms with Crippen LogP contribution in [0.25, 0.3) is 10.9 Å². The number of benzene rings is 1. The molecule has 0 aliphatic carbocycles. The third-order valence-electron chi connectivity index (χ3n) is 2.27. The van der Waals surface area contributed by atoms with Crippen LogP contribution < -0.4 is 0 Å². The molecule has 3 nitrogen and oxygen atoms in total. The molecule has 1 aromatic heterocycles. The SMILES string of the molecule is CN(C)C(=O)c1cc(Br)cc2[nH]ccc12. The van der Waals surface area contributed by atoms with E-state index in [1.165, 1.54) is 0 Å². The highest BCUT2D eigenvalue weighted by molar-refractivity contribution is 9.10. The van der Waals surface area contributed by atoms with Crippen LogP contribution in [0.5, 0.6) is 0 Å². The molecule has 1 amide bonds. The van der Waals surface area contributed by atoms with Crippen LogP contribution in [0.3, 0.4) is 0 Å². The van der Waals surface area contributed by atoms with Crippen LogP contribution in [-0.2, 0) is 0 Å². The van der Waals surface area contributed by atoms with Crippen molar-refractivity contribution < 1.29 is 4.79 Å². The van der Waals surface area contributed by atoms with Crippen LogP contribution in [0.4, 0.5) is 0 Å². The average Bonchev–Trinajstić information content (AvgIpc) is 2.62. The zero-order chi connectivity index (χ0) is 11.0. The Hall–Kier alpha value is -1.29. The lowest BCUT2D eigenvalue weighted by Crippen LogP contribution is -2.21. The van der Waals surface area contributed by atoms with Gasteiger partial charge in [-0.15, -0.1) is 0 Å². The molecule has 0 fully saturated rings. The second kappa shape index (κ2) is 3.70. The summed E-state index contributed by atoms with van der Waals surface area (Å²) in [5.41, 5.74) is 1.68. The topological polar surface area (TPSA) is 36.1 Å². The van der Waals surface area contributed by atoms with Gasteiger partial charge >= 0.3 is 0 Å². The van der Waals surface area contributed by atoms with Crippen LogP contribution in [-0.4, -0.2) is 29.9 Å². The monoisotopic (exact) mass is 266 g/mol. The standard InChI is InChI=1S/C11H11BrN2O/c1-14(2)11(15)9-5-7(12)6-10-8(9)3-4-13-10/h3-6,13H,1-2H3. The van der Waals surface area contributed by atoms with Crippen molar-refractivity contribution >= 4 is 32.7 Å². The summed E-state index contributed by atoms with van der Waals surface area (Å²) in [6, 6.07) is 5.72. The number of H-pyrrole nitrogens is 1. The number of amides is 1. The Morgan fingerprint density at radius 2 is 2.13 bits per heavy atom. The summed E-state index contributed by atoms with van der Waals surface area (Å²) in [4.78, 5) is 16.6. The highest BCUT2D eigenvalue weighted by Crippen LogP contribution is 2.24. The largest absolute Gasteiger partial charge is 0.361 e. The lowest BCUT2D eigenvalue weighted by Gasteiger charge is -2.11. The second-order valence-corrected chi connectivity index (χ2v) is 4.51. The van der Waals surface area contributed by atoms with Gasteiger partial charge in [-0.1, -0.05) is 15.9 Å². The molecule has 2 rings (SSSR count). The molecule has 0 radical (unpaired) electrons. The third-order valence-corrected chi connectivity index (χ3v) is 2.73. The molecule has 4 heteroatoms.